The Bertz CT molecular complexity index is 583. The number of anilines is 1. The second-order valence-corrected chi connectivity index (χ2v) is 6.91. The molecule has 0 aliphatic carbocycles. The lowest BCUT2D eigenvalue weighted by Crippen LogP contribution is -2.34. The number of ether oxygens (including phenoxy) is 1. The smallest absolute Gasteiger partial charge is 0.319 e. The van der Waals surface area contributed by atoms with Gasteiger partial charge in [0.1, 0.15) is 11.6 Å². The normalized spacial score (nSPS) is 17.5. The second-order valence-electron chi connectivity index (χ2n) is 6.91. The number of hydrogen-bond donors (Lipinski definition) is 3. The van der Waals surface area contributed by atoms with Crippen molar-refractivity contribution >= 4 is 11.7 Å². The average molecular weight is 367 g/mol. The largest absolute Gasteiger partial charge is 0.489 e. The summed E-state index contributed by atoms with van der Waals surface area (Å²) in [5.41, 5.74) is 0.319. The van der Waals surface area contributed by atoms with Gasteiger partial charge in [0.25, 0.3) is 0 Å². The van der Waals surface area contributed by atoms with Crippen LogP contribution in [-0.2, 0) is 0 Å². The molecule has 146 valence electrons. The van der Waals surface area contributed by atoms with E-state index in [1.807, 2.05) is 13.8 Å². The highest BCUT2D eigenvalue weighted by Crippen LogP contribution is 2.26. The number of urea groups is 1. The Balaban J connectivity index is 1.71. The molecule has 0 radical (unpaired) electrons. The van der Waals surface area contributed by atoms with Gasteiger partial charge < -0.3 is 20.5 Å². The van der Waals surface area contributed by atoms with Crippen LogP contribution >= 0.6 is 0 Å². The Morgan fingerprint density at radius 3 is 2.96 bits per heavy atom. The number of aliphatic hydroxyl groups is 1. The zero-order valence-corrected chi connectivity index (χ0v) is 15.6. The molecule has 26 heavy (non-hydrogen) atoms. The Hall–Kier alpha value is -1.86. The van der Waals surface area contributed by atoms with Crippen LogP contribution in [0.5, 0.6) is 5.75 Å². The third kappa shape index (κ3) is 6.46. The van der Waals surface area contributed by atoms with Gasteiger partial charge >= 0.3 is 6.03 Å². The van der Waals surface area contributed by atoms with E-state index in [9.17, 15) is 14.3 Å². The highest BCUT2D eigenvalue weighted by atomic mass is 19.1. The standard InChI is InChI=1S/C19H30FN3O3/c1-14(2)26-18-8-7-15(20)12-17(18)22-19(25)21-9-3-4-10-23-11-5-6-16(23)13-24/h7-8,12,14,16,24H,3-6,9-11,13H2,1-2H3,(H2,21,22,25). The van der Waals surface area contributed by atoms with Crippen LogP contribution in [0.4, 0.5) is 14.9 Å². The Morgan fingerprint density at radius 2 is 2.23 bits per heavy atom. The summed E-state index contributed by atoms with van der Waals surface area (Å²) in [5, 5.41) is 14.7. The van der Waals surface area contributed by atoms with Gasteiger partial charge in [0, 0.05) is 18.7 Å². The fourth-order valence-corrected chi connectivity index (χ4v) is 3.16. The molecule has 7 heteroatoms. The van der Waals surface area contributed by atoms with Gasteiger partial charge in [0.05, 0.1) is 18.4 Å². The molecule has 6 nitrogen and oxygen atoms in total. The number of unbranched alkanes of at least 4 members (excludes halogenated alkanes) is 1. The lowest BCUT2D eigenvalue weighted by atomic mass is 10.2. The first kappa shape index (κ1) is 20.5. The average Bonchev–Trinajstić information content (AvgIpc) is 3.04. The minimum Gasteiger partial charge on any atom is -0.489 e. The van der Waals surface area contributed by atoms with Crippen molar-refractivity contribution in [1.29, 1.82) is 0 Å². The van der Waals surface area contributed by atoms with Crippen LogP contribution in [0.3, 0.4) is 0 Å². The van der Waals surface area contributed by atoms with Gasteiger partial charge in [-0.05, 0) is 64.8 Å². The summed E-state index contributed by atoms with van der Waals surface area (Å²) in [4.78, 5) is 14.3. The summed E-state index contributed by atoms with van der Waals surface area (Å²) in [6.45, 7) is 6.47. The number of rotatable bonds is 9. The zero-order chi connectivity index (χ0) is 18.9. The van der Waals surface area contributed by atoms with Crippen LogP contribution < -0.4 is 15.4 Å². The van der Waals surface area contributed by atoms with E-state index in [2.05, 4.69) is 15.5 Å². The molecule has 1 aromatic carbocycles. The molecule has 2 rings (SSSR count). The van der Waals surface area contributed by atoms with Gasteiger partial charge in [-0.25, -0.2) is 9.18 Å². The number of halogens is 1. The van der Waals surface area contributed by atoms with Crippen molar-refractivity contribution in [3.05, 3.63) is 24.0 Å². The predicted octanol–water partition coefficient (Wildman–Crippen LogP) is 2.97. The van der Waals surface area contributed by atoms with E-state index in [0.717, 1.165) is 38.8 Å². The summed E-state index contributed by atoms with van der Waals surface area (Å²) < 4.78 is 19.0. The Kier molecular flexibility index (Phi) is 8.12. The Labute approximate surface area is 154 Å². The molecular weight excluding hydrogens is 337 g/mol. The maximum Gasteiger partial charge on any atom is 0.319 e. The number of aliphatic hydroxyl groups excluding tert-OH is 1. The highest BCUT2D eigenvalue weighted by Gasteiger charge is 2.22. The van der Waals surface area contributed by atoms with Crippen LogP contribution in [0.2, 0.25) is 0 Å². The Morgan fingerprint density at radius 1 is 1.42 bits per heavy atom. The van der Waals surface area contributed by atoms with Gasteiger partial charge in [0.2, 0.25) is 0 Å². The maximum atomic E-state index is 13.4. The van der Waals surface area contributed by atoms with E-state index >= 15 is 0 Å². The molecule has 0 saturated carbocycles. The molecule has 1 aliphatic heterocycles. The summed E-state index contributed by atoms with van der Waals surface area (Å²) >= 11 is 0. The van der Waals surface area contributed by atoms with Crippen molar-refractivity contribution in [2.75, 3.05) is 31.6 Å². The summed E-state index contributed by atoms with van der Waals surface area (Å²) in [7, 11) is 0. The molecule has 1 fully saturated rings. The van der Waals surface area contributed by atoms with Gasteiger partial charge in [-0.3, -0.25) is 4.90 Å². The minimum absolute atomic E-state index is 0.0718. The first-order valence-corrected chi connectivity index (χ1v) is 9.35. The van der Waals surface area contributed by atoms with Crippen LogP contribution in [0.25, 0.3) is 0 Å². The van der Waals surface area contributed by atoms with Gasteiger partial charge in [-0.1, -0.05) is 0 Å². The summed E-state index contributed by atoms with van der Waals surface area (Å²) in [6, 6.07) is 3.98. The van der Waals surface area contributed by atoms with Crippen LogP contribution in [0.15, 0.2) is 18.2 Å². The molecule has 2 amide bonds. The van der Waals surface area contributed by atoms with Gasteiger partial charge in [0.15, 0.2) is 0 Å². The molecule has 1 aliphatic rings. The van der Waals surface area contributed by atoms with Crippen LogP contribution in [-0.4, -0.2) is 54.4 Å². The van der Waals surface area contributed by atoms with Crippen molar-refractivity contribution in [1.82, 2.24) is 10.2 Å². The lowest BCUT2D eigenvalue weighted by Gasteiger charge is -2.22. The van der Waals surface area contributed by atoms with Crippen molar-refractivity contribution in [2.45, 2.75) is 51.7 Å². The van der Waals surface area contributed by atoms with E-state index in [0.29, 0.717) is 24.0 Å². The number of carbonyl (C=O) groups excluding carboxylic acids is 1. The third-order valence-electron chi connectivity index (χ3n) is 4.42. The van der Waals surface area contributed by atoms with Gasteiger partial charge in [-0.15, -0.1) is 0 Å². The number of carbonyl (C=O) groups is 1. The van der Waals surface area contributed by atoms with Crippen molar-refractivity contribution in [3.8, 4) is 5.75 Å². The molecule has 1 saturated heterocycles. The van der Waals surface area contributed by atoms with E-state index in [4.69, 9.17) is 4.74 Å². The number of likely N-dealkylation sites (tertiary alicyclic amines) is 1. The topological polar surface area (TPSA) is 73.8 Å². The molecule has 1 heterocycles. The molecule has 0 spiro atoms. The summed E-state index contributed by atoms with van der Waals surface area (Å²) in [6.07, 6.45) is 3.93. The fourth-order valence-electron chi connectivity index (χ4n) is 3.16. The second kappa shape index (κ2) is 10.3. The van der Waals surface area contributed by atoms with Crippen molar-refractivity contribution in [2.24, 2.45) is 0 Å². The number of nitrogens with one attached hydrogen (secondary N) is 2. The zero-order valence-electron chi connectivity index (χ0n) is 15.6. The van der Waals surface area contributed by atoms with E-state index in [-0.39, 0.29) is 18.7 Å². The van der Waals surface area contributed by atoms with Crippen molar-refractivity contribution in [3.63, 3.8) is 0 Å². The maximum absolute atomic E-state index is 13.4. The molecule has 0 aromatic heterocycles. The summed E-state index contributed by atoms with van der Waals surface area (Å²) in [5.74, 6) is 0.0149. The quantitative estimate of drug-likeness (QED) is 0.587. The first-order chi connectivity index (χ1) is 12.5. The molecular formula is C19H30FN3O3. The SMILES string of the molecule is CC(C)Oc1ccc(F)cc1NC(=O)NCCCCN1CCCC1CO. The highest BCUT2D eigenvalue weighted by molar-refractivity contribution is 5.90. The molecule has 1 atom stereocenters. The van der Waals surface area contributed by atoms with E-state index in [1.165, 1.54) is 18.2 Å². The number of hydrogen-bond acceptors (Lipinski definition) is 4. The third-order valence-corrected chi connectivity index (χ3v) is 4.42. The lowest BCUT2D eigenvalue weighted by molar-refractivity contribution is 0.157. The monoisotopic (exact) mass is 367 g/mol. The number of amides is 2. The van der Waals surface area contributed by atoms with Gasteiger partial charge in [-0.2, -0.15) is 0 Å². The molecule has 3 N–H and O–H groups in total. The minimum atomic E-state index is -0.430. The fraction of sp³-hybridized carbons (Fsp3) is 0.632. The van der Waals surface area contributed by atoms with Crippen LogP contribution in [0, 0.1) is 5.82 Å². The van der Waals surface area contributed by atoms with Crippen molar-refractivity contribution < 1.29 is 19.0 Å². The predicted molar refractivity (Wildman–Crippen MR) is 100 cm³/mol. The number of nitrogens with zero attached hydrogens (tertiary/aromatic N) is 1. The first-order valence-electron chi connectivity index (χ1n) is 9.35. The van der Waals surface area contributed by atoms with Crippen LogP contribution in [0.1, 0.15) is 39.5 Å². The molecule has 0 bridgehead atoms. The van der Waals surface area contributed by atoms with E-state index in [1.54, 1.807) is 0 Å². The van der Waals surface area contributed by atoms with E-state index < -0.39 is 5.82 Å². The number of benzene rings is 1. The molecule has 1 aromatic rings. The molecule has 1 unspecified atom stereocenters.